The molecular weight excluding hydrogens is 365 g/mol. The number of nitrogens with one attached hydrogen (secondary N) is 1. The molecule has 2 rings (SSSR count). The van der Waals surface area contributed by atoms with Gasteiger partial charge >= 0.3 is 135 Å². The molecule has 0 radical (unpaired) electrons. The maximum atomic E-state index is 12.0. The third-order valence-corrected chi connectivity index (χ3v) is 6.00. The zero-order chi connectivity index (χ0) is 17.4. The van der Waals surface area contributed by atoms with E-state index in [1.54, 1.807) is 6.08 Å². The van der Waals surface area contributed by atoms with Gasteiger partial charge in [-0.3, -0.25) is 0 Å². The molecule has 128 valence electrons. The van der Waals surface area contributed by atoms with Crippen molar-refractivity contribution in [3.05, 3.63) is 37.5 Å². The van der Waals surface area contributed by atoms with Gasteiger partial charge in [-0.25, -0.2) is 0 Å². The average Bonchev–Trinajstić information content (AvgIpc) is 2.73. The fourth-order valence-electron chi connectivity index (χ4n) is 2.26. The Balaban J connectivity index is 2.42. The van der Waals surface area contributed by atoms with E-state index >= 15 is 0 Å². The van der Waals surface area contributed by atoms with Crippen LogP contribution in [0.5, 0.6) is 0 Å². The number of nitrogens with zero attached hydrogens (tertiary/aromatic N) is 1. The van der Waals surface area contributed by atoms with Gasteiger partial charge in [0.25, 0.3) is 0 Å². The second kappa shape index (κ2) is 6.74. The number of aliphatic hydroxyl groups is 3. The van der Waals surface area contributed by atoms with Crippen LogP contribution >= 0.6 is 0 Å². The van der Waals surface area contributed by atoms with Crippen LogP contribution in [0, 0.1) is 0 Å². The summed E-state index contributed by atoms with van der Waals surface area (Å²) >= 11 is -2.03. The van der Waals surface area contributed by atoms with Gasteiger partial charge in [0.15, 0.2) is 0 Å². The van der Waals surface area contributed by atoms with Gasteiger partial charge < -0.3 is 0 Å². The quantitative estimate of drug-likeness (QED) is 0.494. The second-order valence-electron chi connectivity index (χ2n) is 6.68. The Labute approximate surface area is 135 Å². The van der Waals surface area contributed by atoms with E-state index < -0.39 is 55.7 Å². The van der Waals surface area contributed by atoms with Crippen molar-refractivity contribution >= 4 is 19.3 Å². The molecule has 1 aromatic heterocycles. The van der Waals surface area contributed by atoms with E-state index in [0.29, 0.717) is 0 Å². The fourth-order valence-corrected chi connectivity index (χ4v) is 3.68. The first-order valence-electron chi connectivity index (χ1n) is 7.31. The van der Waals surface area contributed by atoms with Crippen LogP contribution in [-0.4, -0.2) is 63.1 Å². The van der Waals surface area contributed by atoms with Crippen LogP contribution in [0.2, 0.25) is 17.3 Å². The Kier molecular flexibility index (Phi) is 5.31. The Hall–Kier alpha value is -1.20. The molecule has 0 unspecified atom stereocenters. The monoisotopic (exact) mass is 388 g/mol. The first-order valence-corrected chi connectivity index (χ1v) is 14.8. The summed E-state index contributed by atoms with van der Waals surface area (Å²) in [6, 6.07) is 0. The standard InChI is InChI=1S/C14H22GeN2O6/c1-15(2,3)5-4-8-6-17(14(22)16-12(8)21)13-11(20)10(19)9(7-18)23-13/h4-6,9-11,13,18-20H,7H2,1-3H3,(H,16,21,22)/b5-4+/t9-,10-,11-,13-/m1/s1. The topological polar surface area (TPSA) is 125 Å². The maximum absolute atomic E-state index is 12.0. The van der Waals surface area contributed by atoms with Gasteiger partial charge in [-0.15, -0.1) is 0 Å². The minimum absolute atomic E-state index is 0.267. The van der Waals surface area contributed by atoms with E-state index in [4.69, 9.17) is 9.84 Å². The summed E-state index contributed by atoms with van der Waals surface area (Å²) in [5.41, 5.74) is -1.01. The summed E-state index contributed by atoms with van der Waals surface area (Å²) in [6.07, 6.45) is -1.89. The second-order valence-corrected chi connectivity index (χ2v) is 17.3. The van der Waals surface area contributed by atoms with Crippen LogP contribution in [0.15, 0.2) is 20.7 Å². The van der Waals surface area contributed by atoms with Crippen LogP contribution in [-0.2, 0) is 4.74 Å². The number of aliphatic hydroxyl groups excluding tert-OH is 3. The van der Waals surface area contributed by atoms with Crippen molar-refractivity contribution in [1.29, 1.82) is 0 Å². The number of ether oxygens (including phenoxy) is 1. The Morgan fingerprint density at radius 2 is 1.96 bits per heavy atom. The zero-order valence-electron chi connectivity index (χ0n) is 13.3. The van der Waals surface area contributed by atoms with Crippen molar-refractivity contribution in [3.8, 4) is 0 Å². The normalized spacial score (nSPS) is 28.6. The van der Waals surface area contributed by atoms with Crippen molar-refractivity contribution in [3.63, 3.8) is 0 Å². The summed E-state index contributed by atoms with van der Waals surface area (Å²) in [4.78, 5) is 28.1. The van der Waals surface area contributed by atoms with Crippen LogP contribution < -0.4 is 11.2 Å². The van der Waals surface area contributed by atoms with Gasteiger partial charge in [0.2, 0.25) is 0 Å². The Bertz CT molecular complexity index is 704. The molecule has 0 aromatic carbocycles. The number of aromatic nitrogens is 2. The molecule has 1 saturated heterocycles. The third-order valence-electron chi connectivity index (χ3n) is 3.55. The minimum atomic E-state index is -2.03. The van der Waals surface area contributed by atoms with Crippen LogP contribution in [0.3, 0.4) is 0 Å². The predicted molar refractivity (Wildman–Crippen MR) is 86.7 cm³/mol. The number of aromatic amines is 1. The van der Waals surface area contributed by atoms with E-state index in [1.807, 2.05) is 4.91 Å². The van der Waals surface area contributed by atoms with E-state index in [9.17, 15) is 19.8 Å². The van der Waals surface area contributed by atoms with E-state index in [2.05, 4.69) is 22.3 Å². The van der Waals surface area contributed by atoms with Crippen LogP contribution in [0.1, 0.15) is 11.8 Å². The van der Waals surface area contributed by atoms with E-state index in [-0.39, 0.29) is 5.56 Å². The molecule has 1 aliphatic heterocycles. The first-order chi connectivity index (χ1) is 10.6. The molecule has 1 aliphatic rings. The van der Waals surface area contributed by atoms with E-state index in [0.717, 1.165) is 4.57 Å². The van der Waals surface area contributed by atoms with Crippen molar-refractivity contribution < 1.29 is 20.1 Å². The molecule has 4 N–H and O–H groups in total. The van der Waals surface area contributed by atoms with Gasteiger partial charge in [0.05, 0.1) is 0 Å². The van der Waals surface area contributed by atoms with Crippen molar-refractivity contribution in [2.24, 2.45) is 0 Å². The number of hydrogen-bond donors (Lipinski definition) is 4. The molecule has 0 aliphatic carbocycles. The summed E-state index contributed by atoms with van der Waals surface area (Å²) in [5.74, 6) is 6.44. The van der Waals surface area contributed by atoms with Crippen LogP contribution in [0.25, 0.3) is 6.08 Å². The first kappa shape index (κ1) is 18.1. The molecule has 9 heteroatoms. The number of rotatable bonds is 4. The molecule has 4 atom stereocenters. The Morgan fingerprint density at radius 1 is 1.30 bits per heavy atom. The molecule has 8 nitrogen and oxygen atoms in total. The predicted octanol–water partition coefficient (Wildman–Crippen LogP) is -0.961. The van der Waals surface area contributed by atoms with Gasteiger partial charge in [0.1, 0.15) is 0 Å². The molecule has 0 amide bonds. The van der Waals surface area contributed by atoms with Gasteiger partial charge in [-0.05, 0) is 0 Å². The van der Waals surface area contributed by atoms with Crippen molar-refractivity contribution in [1.82, 2.24) is 9.55 Å². The molecule has 23 heavy (non-hydrogen) atoms. The van der Waals surface area contributed by atoms with Gasteiger partial charge in [0, 0.05) is 0 Å². The van der Waals surface area contributed by atoms with Gasteiger partial charge in [-0.1, -0.05) is 0 Å². The molecule has 0 bridgehead atoms. The molecule has 1 fully saturated rings. The Morgan fingerprint density at radius 3 is 2.48 bits per heavy atom. The number of H-pyrrole nitrogens is 1. The average molecular weight is 387 g/mol. The van der Waals surface area contributed by atoms with Crippen molar-refractivity contribution in [2.75, 3.05) is 6.61 Å². The third kappa shape index (κ3) is 4.01. The number of hydrogen-bond acceptors (Lipinski definition) is 6. The molecular formula is C14H22GeN2O6. The molecule has 2 heterocycles. The van der Waals surface area contributed by atoms with Gasteiger partial charge in [-0.2, -0.15) is 0 Å². The fraction of sp³-hybridized carbons (Fsp3) is 0.571. The van der Waals surface area contributed by atoms with E-state index in [1.165, 1.54) is 6.20 Å². The SMILES string of the molecule is [CH3][Ge]([CH3])([CH3])/[CH]=C/c1cn([C@@H]2O[C@H](CO)[C@@H](O)[C@H]2O)c(=O)[nH]c1=O. The van der Waals surface area contributed by atoms with Crippen LogP contribution in [0.4, 0.5) is 0 Å². The summed E-state index contributed by atoms with van der Waals surface area (Å²) < 4.78 is 6.35. The summed E-state index contributed by atoms with van der Waals surface area (Å²) in [7, 11) is 0. The van der Waals surface area contributed by atoms with Crippen molar-refractivity contribution in [2.45, 2.75) is 41.8 Å². The molecule has 1 aromatic rings. The zero-order valence-corrected chi connectivity index (χ0v) is 15.4. The summed E-state index contributed by atoms with van der Waals surface area (Å²) in [5, 5.41) is 28.9. The molecule has 0 saturated carbocycles. The summed E-state index contributed by atoms with van der Waals surface area (Å²) in [6.45, 7) is -0.489. The molecule has 0 spiro atoms.